The van der Waals surface area contributed by atoms with E-state index in [9.17, 15) is 14.8 Å². The second kappa shape index (κ2) is 9.93. The molecule has 2 aromatic carbocycles. The lowest BCUT2D eigenvalue weighted by molar-refractivity contribution is -1.07. The Balaban J connectivity index is 1.61. The summed E-state index contributed by atoms with van der Waals surface area (Å²) < 4.78 is 15.7. The van der Waals surface area contributed by atoms with Crippen LogP contribution in [0, 0.1) is 11.8 Å². The number of ether oxygens (including phenoxy) is 3. The van der Waals surface area contributed by atoms with Crippen LogP contribution >= 0.6 is 0 Å². The number of quaternary nitrogens is 1. The molecular weight excluding hydrogens is 422 g/mol. The van der Waals surface area contributed by atoms with Gasteiger partial charge in [0.05, 0.1) is 7.11 Å². The highest BCUT2D eigenvalue weighted by molar-refractivity contribution is 5.66. The van der Waals surface area contributed by atoms with Gasteiger partial charge >= 0.3 is 12.1 Å². The molecule has 33 heavy (non-hydrogen) atoms. The van der Waals surface area contributed by atoms with Crippen LogP contribution < -0.4 is 4.74 Å². The van der Waals surface area contributed by atoms with E-state index in [0.717, 1.165) is 24.0 Å². The second-order valence-electron chi connectivity index (χ2n) is 9.07. The molecule has 1 saturated heterocycles. The van der Waals surface area contributed by atoms with E-state index in [2.05, 4.69) is 0 Å². The van der Waals surface area contributed by atoms with Gasteiger partial charge in [0.15, 0.2) is 6.04 Å². The molecule has 1 saturated carbocycles. The fourth-order valence-electron chi connectivity index (χ4n) is 5.51. The van der Waals surface area contributed by atoms with E-state index < -0.39 is 16.8 Å². The zero-order chi connectivity index (χ0) is 23.4. The average molecular weight is 455 g/mol. The summed E-state index contributed by atoms with van der Waals surface area (Å²) in [7, 11) is 1.60. The quantitative estimate of drug-likeness (QED) is 0.388. The maximum Gasteiger partial charge on any atom is 0.550 e. The van der Waals surface area contributed by atoms with Gasteiger partial charge in [0.1, 0.15) is 25.0 Å². The molecule has 0 radical (unpaired) electrons. The summed E-state index contributed by atoms with van der Waals surface area (Å²) in [6.45, 7) is 1.78. The number of fused-ring (bicyclic) bond motifs is 1. The second-order valence-corrected chi connectivity index (χ2v) is 9.07. The highest BCUT2D eigenvalue weighted by atomic mass is 16.7. The first-order valence-electron chi connectivity index (χ1n) is 11.5. The lowest BCUT2D eigenvalue weighted by Gasteiger charge is -2.48. The number of hydrogen-bond acceptors (Lipinski definition) is 6. The minimum Gasteiger partial charge on any atom is -0.497 e. The number of benzene rings is 2. The van der Waals surface area contributed by atoms with Crippen LogP contribution in [0.2, 0.25) is 0 Å². The third kappa shape index (κ3) is 5.04. The summed E-state index contributed by atoms with van der Waals surface area (Å²) in [5.41, 5.74) is 1.71. The Kier molecular flexibility index (Phi) is 7.00. The third-order valence-electron chi connectivity index (χ3n) is 6.99. The van der Waals surface area contributed by atoms with Crippen molar-refractivity contribution in [1.82, 2.24) is 0 Å². The molecule has 7 nitrogen and oxygen atoms in total. The van der Waals surface area contributed by atoms with E-state index in [0.29, 0.717) is 18.6 Å². The lowest BCUT2D eigenvalue weighted by Crippen LogP contribution is -2.60. The van der Waals surface area contributed by atoms with Gasteiger partial charge in [0.2, 0.25) is 0 Å². The van der Waals surface area contributed by atoms with Crippen LogP contribution in [0.5, 0.6) is 5.75 Å². The van der Waals surface area contributed by atoms with Gasteiger partial charge in [0, 0.05) is 24.8 Å². The van der Waals surface area contributed by atoms with Crippen LogP contribution in [0.15, 0.2) is 54.6 Å². The number of likely N-dealkylation sites (tertiary alicyclic amines) is 1. The van der Waals surface area contributed by atoms with Gasteiger partial charge in [-0.25, -0.2) is 5.21 Å². The molecule has 0 bridgehead atoms. The number of piperidine rings is 1. The van der Waals surface area contributed by atoms with E-state index in [1.54, 1.807) is 7.11 Å². The van der Waals surface area contributed by atoms with Crippen molar-refractivity contribution in [2.45, 2.75) is 51.4 Å². The summed E-state index contributed by atoms with van der Waals surface area (Å²) in [6, 6.07) is 16.5. The normalized spacial score (nSPS) is 28.9. The first-order chi connectivity index (χ1) is 15.9. The van der Waals surface area contributed by atoms with Crippen molar-refractivity contribution in [3.63, 3.8) is 0 Å². The Morgan fingerprint density at radius 3 is 2.58 bits per heavy atom. The Hall–Kier alpha value is -2.90. The van der Waals surface area contributed by atoms with Crippen molar-refractivity contribution in [2.75, 3.05) is 13.7 Å². The summed E-state index contributed by atoms with van der Waals surface area (Å²) in [6.07, 6.45) is 2.09. The predicted molar refractivity (Wildman–Crippen MR) is 120 cm³/mol. The van der Waals surface area contributed by atoms with Gasteiger partial charge < -0.3 is 14.2 Å². The molecule has 7 heteroatoms. The Morgan fingerprint density at radius 1 is 1.06 bits per heavy atom. The molecule has 0 spiro atoms. The van der Waals surface area contributed by atoms with Crippen LogP contribution in [0.3, 0.4) is 0 Å². The number of carbonyl (C=O) groups excluding carboxylic acids is 2. The summed E-state index contributed by atoms with van der Waals surface area (Å²) >= 11 is 0. The fourth-order valence-corrected chi connectivity index (χ4v) is 5.51. The first kappa shape index (κ1) is 23.3. The van der Waals surface area contributed by atoms with Crippen molar-refractivity contribution in [3.8, 4) is 5.75 Å². The zero-order valence-corrected chi connectivity index (χ0v) is 19.2. The number of nitrogens with zero attached hydrogens (tertiary/aromatic N) is 1. The molecule has 0 aromatic heterocycles. The van der Waals surface area contributed by atoms with E-state index in [-0.39, 0.29) is 37.1 Å². The smallest absolute Gasteiger partial charge is 0.497 e. The lowest BCUT2D eigenvalue weighted by atomic mass is 9.68. The highest BCUT2D eigenvalue weighted by Crippen LogP contribution is 2.50. The molecule has 1 heterocycles. The fraction of sp³-hybridized carbons (Fsp3) is 0.462. The first-order valence-corrected chi connectivity index (χ1v) is 11.5. The number of hydroxylamine groups is 3. The van der Waals surface area contributed by atoms with Gasteiger partial charge in [-0.2, -0.15) is 4.79 Å². The molecule has 1 amide bonds. The summed E-state index contributed by atoms with van der Waals surface area (Å²) in [5.74, 6) is 0.689. The van der Waals surface area contributed by atoms with Crippen molar-refractivity contribution in [1.29, 1.82) is 0 Å². The maximum atomic E-state index is 13.3. The van der Waals surface area contributed by atoms with Crippen molar-refractivity contribution >= 4 is 12.1 Å². The SMILES string of the molecule is COc1cccc(C2C3CCC(OC(C)=O)CC3CC[N+]2(O)C(=O)OCc2ccccc2)c1. The van der Waals surface area contributed by atoms with E-state index in [1.807, 2.05) is 54.6 Å². The molecule has 4 rings (SSSR count). The molecule has 2 fully saturated rings. The molecule has 2 aliphatic rings. The van der Waals surface area contributed by atoms with Gasteiger partial charge in [-0.15, -0.1) is 0 Å². The minimum atomic E-state index is -0.792. The number of esters is 1. The van der Waals surface area contributed by atoms with E-state index >= 15 is 0 Å². The predicted octanol–water partition coefficient (Wildman–Crippen LogP) is 5.03. The largest absolute Gasteiger partial charge is 0.550 e. The molecule has 5 atom stereocenters. The number of methoxy groups -OCH3 is 1. The minimum absolute atomic E-state index is 0.0481. The average Bonchev–Trinajstić information content (AvgIpc) is 2.83. The Bertz CT molecular complexity index is 980. The molecule has 1 N–H and O–H groups in total. The van der Waals surface area contributed by atoms with Crippen LogP contribution in [0.1, 0.15) is 49.8 Å². The van der Waals surface area contributed by atoms with Gasteiger partial charge in [-0.05, 0) is 42.9 Å². The molecule has 176 valence electrons. The zero-order valence-electron chi connectivity index (χ0n) is 19.2. The van der Waals surface area contributed by atoms with Crippen molar-refractivity contribution in [3.05, 3.63) is 65.7 Å². The molecule has 1 aliphatic carbocycles. The number of rotatable bonds is 5. The van der Waals surface area contributed by atoms with Crippen LogP contribution in [0.4, 0.5) is 4.79 Å². The number of hydrogen-bond donors (Lipinski definition) is 1. The Labute approximate surface area is 194 Å². The molecular formula is C26H32NO6+. The topological polar surface area (TPSA) is 82.1 Å². The van der Waals surface area contributed by atoms with Crippen LogP contribution in [-0.4, -0.2) is 41.7 Å². The molecule has 5 unspecified atom stereocenters. The Morgan fingerprint density at radius 2 is 1.85 bits per heavy atom. The van der Waals surface area contributed by atoms with Crippen molar-refractivity contribution < 1.29 is 33.7 Å². The van der Waals surface area contributed by atoms with Crippen molar-refractivity contribution in [2.24, 2.45) is 11.8 Å². The standard InChI is InChI=1S/C26H32NO6/c1-18(28)33-23-11-12-24-20(15-23)13-14-27(30,25(24)21-9-6-10-22(16-21)31-2)26(29)32-17-19-7-4-3-5-8-19/h3-10,16,20,23-25,30H,11-15,17H2,1-2H3/q+1. The number of amides is 1. The maximum absolute atomic E-state index is 13.3. The van der Waals surface area contributed by atoms with E-state index in [4.69, 9.17) is 14.2 Å². The van der Waals surface area contributed by atoms with E-state index in [1.165, 1.54) is 6.92 Å². The van der Waals surface area contributed by atoms with Crippen LogP contribution in [-0.2, 0) is 20.9 Å². The highest BCUT2D eigenvalue weighted by Gasteiger charge is 2.57. The number of carbonyl (C=O) groups is 2. The van der Waals surface area contributed by atoms with Gasteiger partial charge in [0.25, 0.3) is 0 Å². The molecule has 2 aromatic rings. The monoisotopic (exact) mass is 454 g/mol. The van der Waals surface area contributed by atoms with Gasteiger partial charge in [-0.3, -0.25) is 4.79 Å². The summed E-state index contributed by atoms with van der Waals surface area (Å²) in [4.78, 5) is 24.8. The summed E-state index contributed by atoms with van der Waals surface area (Å²) in [5, 5.41) is 11.8. The third-order valence-corrected chi connectivity index (χ3v) is 6.99. The van der Waals surface area contributed by atoms with Gasteiger partial charge in [-0.1, -0.05) is 47.1 Å². The van der Waals surface area contributed by atoms with Crippen LogP contribution in [0.25, 0.3) is 0 Å². The molecule has 1 aliphatic heterocycles.